The Labute approximate surface area is 358 Å². The molecule has 4 N–H and O–H groups in total. The Bertz CT molecular complexity index is 2280. The molecule has 3 fully saturated rings. The zero-order chi connectivity index (χ0) is 44.9. The second-order valence-corrected chi connectivity index (χ2v) is 17.4. The number of carbonyl (C=O) groups is 6. The van der Waals surface area contributed by atoms with E-state index in [0.29, 0.717) is 5.56 Å². The topological polar surface area (TPSA) is 221 Å². The molecule has 3 aromatic rings. The molecule has 3 aromatic carbocycles. The lowest BCUT2D eigenvalue weighted by Gasteiger charge is -2.67. The van der Waals surface area contributed by atoms with Gasteiger partial charge in [-0.05, 0) is 54.8 Å². The minimum absolute atomic E-state index is 0.00289. The van der Waals surface area contributed by atoms with Crippen molar-refractivity contribution < 1.29 is 67.8 Å². The van der Waals surface area contributed by atoms with E-state index in [1.807, 2.05) is 0 Å². The van der Waals surface area contributed by atoms with Gasteiger partial charge in [0.15, 0.2) is 23.6 Å². The van der Waals surface area contributed by atoms with Gasteiger partial charge in [0.2, 0.25) is 0 Å². The monoisotopic (exact) mass is 853 g/mol. The van der Waals surface area contributed by atoms with Crippen molar-refractivity contribution in [1.82, 2.24) is 5.32 Å². The Morgan fingerprint density at radius 3 is 1.95 bits per heavy atom. The number of fused-ring (bicyclic) bond motifs is 5. The first-order chi connectivity index (χ1) is 29.3. The van der Waals surface area contributed by atoms with Crippen LogP contribution in [0.1, 0.15) is 86.7 Å². The van der Waals surface area contributed by atoms with Crippen LogP contribution in [0.5, 0.6) is 0 Å². The van der Waals surface area contributed by atoms with E-state index >= 15 is 4.79 Å². The predicted molar refractivity (Wildman–Crippen MR) is 218 cm³/mol. The van der Waals surface area contributed by atoms with Gasteiger partial charge in [0.05, 0.1) is 35.6 Å². The van der Waals surface area contributed by atoms with E-state index in [-0.39, 0.29) is 35.3 Å². The number of hydrogen-bond acceptors (Lipinski definition) is 14. The van der Waals surface area contributed by atoms with Crippen molar-refractivity contribution in [3.8, 4) is 0 Å². The van der Waals surface area contributed by atoms with Crippen LogP contribution in [0.4, 0.5) is 0 Å². The van der Waals surface area contributed by atoms with E-state index in [1.165, 1.54) is 26.0 Å². The third-order valence-corrected chi connectivity index (χ3v) is 13.5. The Hall–Kier alpha value is -5.74. The van der Waals surface area contributed by atoms with Crippen LogP contribution in [0.2, 0.25) is 0 Å². The largest absolute Gasteiger partial charge is 0.456 e. The van der Waals surface area contributed by atoms with Crippen LogP contribution in [0.15, 0.2) is 102 Å². The van der Waals surface area contributed by atoms with Crippen molar-refractivity contribution in [2.24, 2.45) is 16.7 Å². The number of aliphatic hydroxyl groups excluding tert-OH is 2. The summed E-state index contributed by atoms with van der Waals surface area (Å²) in [6, 6.07) is 22.9. The minimum atomic E-state index is -2.39. The molecule has 2 bridgehead atoms. The van der Waals surface area contributed by atoms with Gasteiger partial charge in [0.25, 0.3) is 5.91 Å². The summed E-state index contributed by atoms with van der Waals surface area (Å²) in [6.45, 7) is 7.97. The molecule has 328 valence electrons. The predicted octanol–water partition coefficient (Wildman–Crippen LogP) is 3.74. The molecule has 4 unspecified atom stereocenters. The number of esters is 4. The number of ketones is 1. The second kappa shape index (κ2) is 16.5. The Morgan fingerprint density at radius 2 is 1.40 bits per heavy atom. The van der Waals surface area contributed by atoms with Gasteiger partial charge >= 0.3 is 23.9 Å². The Kier molecular flexibility index (Phi) is 11.8. The standard InChI is InChI=1S/C47H51NO14/c1-25-31(60-43(56)36(52)35(28-16-10-7-11-17-28)48-41(54)29-18-12-8-13-19-29)23-47(57)40(61-42(55)30-20-14-9-15-21-30)38-45(6,32(51)22-33-46(38,24-58-33)62-27(3)50)39(53)37(59-26(2)49)34(25)44(47,4)5/h7-21,31-33,35-38,40,51-52,57H,22-24H2,1-6H3,(H,48,54)/t31?,32-,33+,35?,36?,37+,38?,40-,45+,46-,47+/m0/s1. The van der Waals surface area contributed by atoms with Gasteiger partial charge in [-0.3, -0.25) is 19.2 Å². The SMILES string of the molecule is CC(=O)O[C@H]1C(=O)[C@@]2(C)C([C@H](OC(=O)c3ccccc3)[C@]3(O)CC(OC(=O)C(O)C(NC(=O)c4ccccc4)c4ccccc4)C(C)=C1C3(C)C)[C@]1(OC(C)=O)CO[C@@H]1C[C@@H]2O. The number of carbonyl (C=O) groups excluding carboxylic acids is 6. The number of hydrogen-bond donors (Lipinski definition) is 4. The first kappa shape index (κ1) is 44.3. The summed E-state index contributed by atoms with van der Waals surface area (Å²) < 4.78 is 30.3. The summed E-state index contributed by atoms with van der Waals surface area (Å²) in [5.74, 6) is -6.84. The number of ether oxygens (including phenoxy) is 5. The van der Waals surface area contributed by atoms with Crippen LogP contribution < -0.4 is 5.32 Å². The molecule has 15 nitrogen and oxygen atoms in total. The molecule has 0 spiro atoms. The van der Waals surface area contributed by atoms with Gasteiger partial charge in [-0.15, -0.1) is 0 Å². The molecule has 11 atom stereocenters. The van der Waals surface area contributed by atoms with Crippen LogP contribution >= 0.6 is 0 Å². The molecular weight excluding hydrogens is 803 g/mol. The lowest BCUT2D eigenvalue weighted by atomic mass is 9.44. The number of nitrogens with one attached hydrogen (secondary N) is 1. The van der Waals surface area contributed by atoms with Gasteiger partial charge in [0, 0.05) is 37.7 Å². The highest BCUT2D eigenvalue weighted by atomic mass is 16.6. The summed E-state index contributed by atoms with van der Waals surface area (Å²) in [7, 11) is 0. The summed E-state index contributed by atoms with van der Waals surface area (Å²) >= 11 is 0. The van der Waals surface area contributed by atoms with E-state index in [9.17, 15) is 39.3 Å². The van der Waals surface area contributed by atoms with Crippen LogP contribution in [-0.4, -0.2) is 105 Å². The van der Waals surface area contributed by atoms with Crippen LogP contribution in [0, 0.1) is 16.7 Å². The maximum absolute atomic E-state index is 15.5. The van der Waals surface area contributed by atoms with Crippen molar-refractivity contribution in [2.45, 2.75) is 108 Å². The molecule has 1 amide bonds. The lowest BCUT2D eigenvalue weighted by Crippen LogP contribution is -2.82. The number of Topliss-reactive ketones (excluding diaryl/α,β-unsaturated/α-hetero) is 1. The molecule has 62 heavy (non-hydrogen) atoms. The summed E-state index contributed by atoms with van der Waals surface area (Å²) in [5, 5.41) is 40.2. The molecule has 3 aliphatic carbocycles. The quantitative estimate of drug-likeness (QED) is 0.130. The zero-order valence-corrected chi connectivity index (χ0v) is 35.2. The molecule has 0 radical (unpaired) electrons. The van der Waals surface area contributed by atoms with E-state index in [4.69, 9.17) is 23.7 Å². The fourth-order valence-corrected chi connectivity index (χ4v) is 10.2. The molecular formula is C47H51NO14. The van der Waals surface area contributed by atoms with Gasteiger partial charge in [-0.25, -0.2) is 9.59 Å². The molecule has 1 heterocycles. The highest BCUT2D eigenvalue weighted by Crippen LogP contribution is 2.64. The third kappa shape index (κ3) is 7.29. The molecule has 15 heteroatoms. The maximum atomic E-state index is 15.5. The van der Waals surface area contributed by atoms with Gasteiger partial charge in [-0.1, -0.05) is 80.6 Å². The fraction of sp³-hybridized carbons (Fsp3) is 0.447. The van der Waals surface area contributed by atoms with Crippen molar-refractivity contribution in [3.63, 3.8) is 0 Å². The van der Waals surface area contributed by atoms with Crippen molar-refractivity contribution in [2.75, 3.05) is 6.61 Å². The highest BCUT2D eigenvalue weighted by molar-refractivity contribution is 5.96. The van der Waals surface area contributed by atoms with E-state index < -0.39 is 113 Å². The maximum Gasteiger partial charge on any atom is 0.338 e. The molecule has 1 saturated heterocycles. The summed E-state index contributed by atoms with van der Waals surface area (Å²) in [5.41, 5.74) is -7.02. The highest BCUT2D eigenvalue weighted by Gasteiger charge is 2.78. The zero-order valence-electron chi connectivity index (χ0n) is 35.2. The van der Waals surface area contributed by atoms with E-state index in [1.54, 1.807) is 92.7 Å². The molecule has 4 aliphatic rings. The number of aliphatic hydroxyl groups is 3. The number of rotatable bonds is 10. The minimum Gasteiger partial charge on any atom is -0.456 e. The van der Waals surface area contributed by atoms with Gasteiger partial charge in [-0.2, -0.15) is 0 Å². The summed E-state index contributed by atoms with van der Waals surface area (Å²) in [4.78, 5) is 83.5. The van der Waals surface area contributed by atoms with Crippen molar-refractivity contribution >= 4 is 35.6 Å². The average Bonchev–Trinajstić information content (AvgIpc) is 3.24. The van der Waals surface area contributed by atoms with E-state index in [0.717, 1.165) is 13.8 Å². The molecule has 7 rings (SSSR count). The van der Waals surface area contributed by atoms with Crippen LogP contribution in [-0.2, 0) is 42.9 Å². The van der Waals surface area contributed by atoms with Gasteiger partial charge < -0.3 is 44.3 Å². The summed E-state index contributed by atoms with van der Waals surface area (Å²) in [6.07, 6.45) is -10.5. The fourth-order valence-electron chi connectivity index (χ4n) is 10.2. The molecule has 2 saturated carbocycles. The van der Waals surface area contributed by atoms with Crippen LogP contribution in [0.3, 0.4) is 0 Å². The van der Waals surface area contributed by atoms with E-state index in [2.05, 4.69) is 5.32 Å². The third-order valence-electron chi connectivity index (χ3n) is 13.5. The Balaban J connectivity index is 1.39. The number of benzene rings is 3. The van der Waals surface area contributed by atoms with Crippen LogP contribution in [0.25, 0.3) is 0 Å². The molecule has 0 aromatic heterocycles. The average molecular weight is 854 g/mol. The van der Waals surface area contributed by atoms with Crippen molar-refractivity contribution in [1.29, 1.82) is 0 Å². The normalized spacial score (nSPS) is 31.9. The Morgan fingerprint density at radius 1 is 0.823 bits per heavy atom. The first-order valence-electron chi connectivity index (χ1n) is 20.5. The first-order valence-corrected chi connectivity index (χ1v) is 20.5. The van der Waals surface area contributed by atoms with Gasteiger partial charge in [0.1, 0.15) is 23.9 Å². The smallest absolute Gasteiger partial charge is 0.338 e. The second-order valence-electron chi connectivity index (χ2n) is 17.4. The molecule has 1 aliphatic heterocycles. The lowest BCUT2D eigenvalue weighted by molar-refractivity contribution is -0.346. The van der Waals surface area contributed by atoms with Crippen molar-refractivity contribution in [3.05, 3.63) is 119 Å². The number of amides is 1.